The minimum Gasteiger partial charge on any atom is -0.310 e. The lowest BCUT2D eigenvalue weighted by Crippen LogP contribution is -2.23. The lowest BCUT2D eigenvalue weighted by molar-refractivity contribution is 0.332. The molecule has 1 nitrogen and oxygen atoms in total. The Morgan fingerprint density at radius 1 is 1.26 bits per heavy atom. The first-order valence-corrected chi connectivity index (χ1v) is 8.12. The fraction of sp³-hybridized carbons (Fsp3) is 0.647. The lowest BCUT2D eigenvalue weighted by Gasteiger charge is -2.25. The molecule has 2 heteroatoms. The van der Waals surface area contributed by atoms with E-state index in [9.17, 15) is 0 Å². The van der Waals surface area contributed by atoms with Gasteiger partial charge in [0.15, 0.2) is 0 Å². The van der Waals surface area contributed by atoms with Crippen molar-refractivity contribution in [3.05, 3.63) is 33.8 Å². The number of nitrogens with one attached hydrogen (secondary N) is 1. The Hall–Kier alpha value is -0.340. The van der Waals surface area contributed by atoms with Crippen molar-refractivity contribution >= 4 is 15.9 Å². The van der Waals surface area contributed by atoms with Crippen molar-refractivity contribution in [2.24, 2.45) is 5.41 Å². The first kappa shape index (κ1) is 16.7. The summed E-state index contributed by atoms with van der Waals surface area (Å²) in [4.78, 5) is 0. The summed E-state index contributed by atoms with van der Waals surface area (Å²) in [5, 5.41) is 3.68. The lowest BCUT2D eigenvalue weighted by atomic mass is 9.87. The van der Waals surface area contributed by atoms with E-state index in [1.54, 1.807) is 0 Å². The maximum atomic E-state index is 3.68. The van der Waals surface area contributed by atoms with Crippen molar-refractivity contribution in [2.45, 2.75) is 59.9 Å². The van der Waals surface area contributed by atoms with Gasteiger partial charge in [-0.15, -0.1) is 0 Å². The standard InChI is InChI=1S/C17H28BrN/c1-6-11-19-16(9-10-17(3,4)5)14-8-7-13(2)15(18)12-14/h7-8,12,16,19H,6,9-11H2,1-5H3. The van der Waals surface area contributed by atoms with E-state index in [4.69, 9.17) is 0 Å². The summed E-state index contributed by atoms with van der Waals surface area (Å²) in [5.41, 5.74) is 3.10. The molecule has 0 heterocycles. The van der Waals surface area contributed by atoms with Crippen molar-refractivity contribution in [3.8, 4) is 0 Å². The van der Waals surface area contributed by atoms with Gasteiger partial charge in [-0.25, -0.2) is 0 Å². The predicted molar refractivity (Wildman–Crippen MR) is 88.6 cm³/mol. The molecular weight excluding hydrogens is 298 g/mol. The van der Waals surface area contributed by atoms with E-state index in [0.29, 0.717) is 11.5 Å². The highest BCUT2D eigenvalue weighted by Crippen LogP contribution is 2.29. The monoisotopic (exact) mass is 325 g/mol. The van der Waals surface area contributed by atoms with Gasteiger partial charge in [0.1, 0.15) is 0 Å². The van der Waals surface area contributed by atoms with Gasteiger partial charge in [-0.1, -0.05) is 55.8 Å². The average molecular weight is 326 g/mol. The number of benzene rings is 1. The first-order chi connectivity index (χ1) is 8.83. The molecule has 0 saturated carbocycles. The molecule has 0 radical (unpaired) electrons. The quantitative estimate of drug-likeness (QED) is 0.715. The fourth-order valence-corrected chi connectivity index (χ4v) is 2.50. The molecule has 1 unspecified atom stereocenters. The molecule has 1 N–H and O–H groups in total. The topological polar surface area (TPSA) is 12.0 Å². The van der Waals surface area contributed by atoms with Crippen LogP contribution in [0, 0.1) is 12.3 Å². The highest BCUT2D eigenvalue weighted by Gasteiger charge is 2.16. The molecule has 0 aliphatic rings. The molecule has 0 aliphatic heterocycles. The van der Waals surface area contributed by atoms with Crippen LogP contribution in [0.25, 0.3) is 0 Å². The minimum atomic E-state index is 0.397. The molecule has 0 aromatic heterocycles. The van der Waals surface area contributed by atoms with Crippen LogP contribution in [-0.2, 0) is 0 Å². The molecule has 0 saturated heterocycles. The zero-order chi connectivity index (χ0) is 14.5. The first-order valence-electron chi connectivity index (χ1n) is 7.33. The van der Waals surface area contributed by atoms with E-state index in [2.05, 4.69) is 74.1 Å². The fourth-order valence-electron chi connectivity index (χ4n) is 2.11. The second-order valence-corrected chi connectivity index (χ2v) is 7.47. The van der Waals surface area contributed by atoms with E-state index >= 15 is 0 Å². The molecule has 1 atom stereocenters. The van der Waals surface area contributed by atoms with Gasteiger partial charge < -0.3 is 5.32 Å². The maximum Gasteiger partial charge on any atom is 0.0320 e. The summed E-state index contributed by atoms with van der Waals surface area (Å²) in [6, 6.07) is 7.20. The van der Waals surface area contributed by atoms with Crippen LogP contribution in [0.3, 0.4) is 0 Å². The molecule has 0 spiro atoms. The van der Waals surface area contributed by atoms with Crippen LogP contribution in [0.4, 0.5) is 0 Å². The van der Waals surface area contributed by atoms with Crippen molar-refractivity contribution in [2.75, 3.05) is 6.54 Å². The van der Waals surface area contributed by atoms with Crippen LogP contribution in [-0.4, -0.2) is 6.54 Å². The van der Waals surface area contributed by atoms with Gasteiger partial charge in [0, 0.05) is 10.5 Å². The Morgan fingerprint density at radius 2 is 1.95 bits per heavy atom. The maximum absolute atomic E-state index is 3.68. The van der Waals surface area contributed by atoms with Gasteiger partial charge in [0.2, 0.25) is 0 Å². The van der Waals surface area contributed by atoms with Crippen molar-refractivity contribution < 1.29 is 0 Å². The molecule has 0 amide bonds. The molecule has 1 aromatic carbocycles. The van der Waals surface area contributed by atoms with E-state index in [0.717, 1.165) is 6.54 Å². The van der Waals surface area contributed by atoms with E-state index in [-0.39, 0.29) is 0 Å². The van der Waals surface area contributed by atoms with Gasteiger partial charge in [-0.3, -0.25) is 0 Å². The normalized spacial score (nSPS) is 13.6. The predicted octanol–water partition coefficient (Wildman–Crippen LogP) is 5.62. The van der Waals surface area contributed by atoms with Crippen molar-refractivity contribution in [1.82, 2.24) is 5.32 Å². The average Bonchev–Trinajstić information content (AvgIpc) is 2.32. The summed E-state index contributed by atoms with van der Waals surface area (Å²) in [5.74, 6) is 0. The van der Waals surface area contributed by atoms with E-state index in [1.807, 2.05) is 0 Å². The Balaban J connectivity index is 2.79. The summed E-state index contributed by atoms with van der Waals surface area (Å²) in [7, 11) is 0. The zero-order valence-electron chi connectivity index (χ0n) is 13.0. The van der Waals surface area contributed by atoms with Gasteiger partial charge >= 0.3 is 0 Å². The molecule has 19 heavy (non-hydrogen) atoms. The van der Waals surface area contributed by atoms with Crippen LogP contribution in [0.1, 0.15) is 64.1 Å². The number of aryl methyl sites for hydroxylation is 1. The van der Waals surface area contributed by atoms with Gasteiger partial charge in [0.05, 0.1) is 0 Å². The molecule has 0 aliphatic carbocycles. The van der Waals surface area contributed by atoms with Crippen LogP contribution < -0.4 is 5.32 Å². The van der Waals surface area contributed by atoms with Gasteiger partial charge in [-0.05, 0) is 55.3 Å². The van der Waals surface area contributed by atoms with E-state index < -0.39 is 0 Å². The molecule has 0 fully saturated rings. The smallest absolute Gasteiger partial charge is 0.0320 e. The molecule has 1 rings (SSSR count). The molecule has 1 aromatic rings. The number of hydrogen-bond acceptors (Lipinski definition) is 1. The van der Waals surface area contributed by atoms with Gasteiger partial charge in [0.25, 0.3) is 0 Å². The summed E-state index contributed by atoms with van der Waals surface area (Å²) >= 11 is 3.65. The summed E-state index contributed by atoms with van der Waals surface area (Å²) < 4.78 is 1.21. The van der Waals surface area contributed by atoms with E-state index in [1.165, 1.54) is 34.9 Å². The highest BCUT2D eigenvalue weighted by atomic mass is 79.9. The molecule has 108 valence electrons. The third-order valence-electron chi connectivity index (χ3n) is 3.42. The zero-order valence-corrected chi connectivity index (χ0v) is 14.6. The second-order valence-electron chi connectivity index (χ2n) is 6.61. The Kier molecular flexibility index (Phi) is 6.55. The Bertz CT molecular complexity index is 393. The minimum absolute atomic E-state index is 0.397. The van der Waals surface area contributed by atoms with Crippen LogP contribution >= 0.6 is 15.9 Å². The van der Waals surface area contributed by atoms with Crippen LogP contribution in [0.2, 0.25) is 0 Å². The third-order valence-corrected chi connectivity index (χ3v) is 4.28. The van der Waals surface area contributed by atoms with Crippen LogP contribution in [0.15, 0.2) is 22.7 Å². The number of halogens is 1. The summed E-state index contributed by atoms with van der Waals surface area (Å²) in [6.45, 7) is 12.4. The Labute approximate surface area is 127 Å². The number of hydrogen-bond donors (Lipinski definition) is 1. The van der Waals surface area contributed by atoms with Crippen molar-refractivity contribution in [1.29, 1.82) is 0 Å². The SMILES string of the molecule is CCCNC(CCC(C)(C)C)c1ccc(C)c(Br)c1. The highest BCUT2D eigenvalue weighted by molar-refractivity contribution is 9.10. The van der Waals surface area contributed by atoms with Gasteiger partial charge in [-0.2, -0.15) is 0 Å². The summed E-state index contributed by atoms with van der Waals surface area (Å²) in [6.07, 6.45) is 3.61. The van der Waals surface area contributed by atoms with Crippen molar-refractivity contribution in [3.63, 3.8) is 0 Å². The number of rotatable bonds is 6. The largest absolute Gasteiger partial charge is 0.310 e. The molecule has 0 bridgehead atoms. The third kappa shape index (κ3) is 6.09. The molecular formula is C17H28BrN. The van der Waals surface area contributed by atoms with Crippen LogP contribution in [0.5, 0.6) is 0 Å². The Morgan fingerprint density at radius 3 is 2.47 bits per heavy atom. The second kappa shape index (κ2) is 7.44.